The average Bonchev–Trinajstić information content (AvgIpc) is 2.72. The molecule has 4 rings (SSSR count). The van der Waals surface area contributed by atoms with Crippen LogP contribution >= 0.6 is 34.8 Å². The van der Waals surface area contributed by atoms with Crippen molar-refractivity contribution in [1.82, 2.24) is 4.98 Å². The molecule has 0 saturated heterocycles. The number of rotatable bonds is 3. The van der Waals surface area contributed by atoms with Crippen molar-refractivity contribution in [1.29, 1.82) is 0 Å². The highest BCUT2D eigenvalue weighted by molar-refractivity contribution is 6.44. The van der Waals surface area contributed by atoms with Gasteiger partial charge in [0, 0.05) is 10.9 Å². The summed E-state index contributed by atoms with van der Waals surface area (Å²) in [7, 11) is 0. The summed E-state index contributed by atoms with van der Waals surface area (Å²) in [5, 5.41) is 4.58. The number of carbonyl (C=O) groups is 1. The van der Waals surface area contributed by atoms with Crippen LogP contribution in [0.4, 0.5) is 5.69 Å². The topological polar surface area (TPSA) is 42.0 Å². The van der Waals surface area contributed by atoms with Gasteiger partial charge < -0.3 is 5.32 Å². The minimum absolute atomic E-state index is 0.293. The Hall–Kier alpha value is -2.59. The third-order valence-corrected chi connectivity index (χ3v) is 5.70. The number of nitrogens with zero attached hydrogens (tertiary/aromatic N) is 1. The lowest BCUT2D eigenvalue weighted by atomic mass is 9.97. The Labute approximate surface area is 183 Å². The largest absolute Gasteiger partial charge is 0.321 e. The zero-order valence-corrected chi connectivity index (χ0v) is 17.6. The summed E-state index contributed by atoms with van der Waals surface area (Å²) in [6.45, 7) is 1.90. The van der Waals surface area contributed by atoms with E-state index in [9.17, 15) is 4.79 Å². The molecule has 6 heteroatoms. The summed E-state index contributed by atoms with van der Waals surface area (Å²) in [5.41, 5.74) is 4.15. The monoisotopic (exact) mass is 440 g/mol. The molecule has 0 aliphatic rings. The van der Waals surface area contributed by atoms with Crippen molar-refractivity contribution in [2.45, 2.75) is 6.92 Å². The minimum Gasteiger partial charge on any atom is -0.321 e. The highest BCUT2D eigenvalue weighted by Gasteiger charge is 2.20. The van der Waals surface area contributed by atoms with E-state index in [-0.39, 0.29) is 5.91 Å². The van der Waals surface area contributed by atoms with Crippen molar-refractivity contribution >= 4 is 57.3 Å². The molecule has 144 valence electrons. The van der Waals surface area contributed by atoms with Gasteiger partial charge in [-0.05, 0) is 30.7 Å². The summed E-state index contributed by atoms with van der Waals surface area (Å²) in [5.74, 6) is -0.293. The van der Waals surface area contributed by atoms with E-state index < -0.39 is 0 Å². The molecule has 0 radical (unpaired) electrons. The first-order valence-corrected chi connectivity index (χ1v) is 9.99. The van der Waals surface area contributed by atoms with Gasteiger partial charge in [-0.15, -0.1) is 0 Å². The molecule has 1 N–H and O–H groups in total. The fourth-order valence-corrected chi connectivity index (χ4v) is 3.87. The van der Waals surface area contributed by atoms with Gasteiger partial charge in [-0.3, -0.25) is 4.79 Å². The molecule has 0 saturated carbocycles. The molecule has 0 unspecified atom stereocenters. The van der Waals surface area contributed by atoms with E-state index in [0.29, 0.717) is 26.3 Å². The predicted octanol–water partition coefficient (Wildman–Crippen LogP) is 7.42. The molecule has 0 aliphatic heterocycles. The number of hydrogen-bond acceptors (Lipinski definition) is 2. The number of carbonyl (C=O) groups excluding carboxylic acids is 1. The molecule has 0 aliphatic carbocycles. The standard InChI is InChI=1S/C23H15Cl3N2O/c1-13-21(23(29)28-20-12-17(25)16(24)11-18(20)26)15-9-5-6-10-19(15)27-22(13)14-7-3-2-4-8-14/h2-12H,1H3,(H,28,29). The minimum atomic E-state index is -0.293. The molecule has 3 nitrogen and oxygen atoms in total. The van der Waals surface area contributed by atoms with E-state index in [1.807, 2.05) is 61.5 Å². The maximum Gasteiger partial charge on any atom is 0.256 e. The molecule has 0 spiro atoms. The van der Waals surface area contributed by atoms with Gasteiger partial charge in [0.05, 0.1) is 37.5 Å². The Morgan fingerprint density at radius 3 is 2.28 bits per heavy atom. The predicted molar refractivity (Wildman–Crippen MR) is 121 cm³/mol. The lowest BCUT2D eigenvalue weighted by Crippen LogP contribution is -2.15. The average molecular weight is 442 g/mol. The molecule has 1 heterocycles. The molecule has 29 heavy (non-hydrogen) atoms. The third-order valence-electron chi connectivity index (χ3n) is 4.67. The van der Waals surface area contributed by atoms with Crippen LogP contribution in [0.5, 0.6) is 0 Å². The van der Waals surface area contributed by atoms with Gasteiger partial charge >= 0.3 is 0 Å². The normalized spacial score (nSPS) is 10.9. The molecule has 0 fully saturated rings. The number of amides is 1. The summed E-state index contributed by atoms with van der Waals surface area (Å²) in [4.78, 5) is 18.1. The lowest BCUT2D eigenvalue weighted by Gasteiger charge is -2.15. The molecular formula is C23H15Cl3N2O. The van der Waals surface area contributed by atoms with Crippen molar-refractivity contribution in [3.05, 3.63) is 92.9 Å². The fraction of sp³-hybridized carbons (Fsp3) is 0.0435. The summed E-state index contributed by atoms with van der Waals surface area (Å²) < 4.78 is 0. The second-order valence-corrected chi connectivity index (χ2v) is 7.77. The maximum absolute atomic E-state index is 13.3. The first-order valence-electron chi connectivity index (χ1n) is 8.86. The fourth-order valence-electron chi connectivity index (χ4n) is 3.28. The van der Waals surface area contributed by atoms with E-state index in [1.165, 1.54) is 6.07 Å². The first-order chi connectivity index (χ1) is 14.0. The number of fused-ring (bicyclic) bond motifs is 1. The van der Waals surface area contributed by atoms with Gasteiger partial charge in [0.25, 0.3) is 5.91 Å². The van der Waals surface area contributed by atoms with Crippen LogP contribution in [0, 0.1) is 6.92 Å². The zero-order chi connectivity index (χ0) is 20.5. The summed E-state index contributed by atoms with van der Waals surface area (Å²) in [6.07, 6.45) is 0. The number of anilines is 1. The Balaban J connectivity index is 1.87. The summed E-state index contributed by atoms with van der Waals surface area (Å²) >= 11 is 18.3. The third kappa shape index (κ3) is 3.82. The van der Waals surface area contributed by atoms with Crippen LogP contribution in [0.15, 0.2) is 66.7 Å². The summed E-state index contributed by atoms with van der Waals surface area (Å²) in [6, 6.07) is 20.4. The van der Waals surface area contributed by atoms with Gasteiger partial charge in [0.15, 0.2) is 0 Å². The van der Waals surface area contributed by atoms with Crippen molar-refractivity contribution in [3.8, 4) is 11.3 Å². The Morgan fingerprint density at radius 2 is 1.52 bits per heavy atom. The second kappa shape index (κ2) is 8.03. The van der Waals surface area contributed by atoms with Crippen molar-refractivity contribution in [3.63, 3.8) is 0 Å². The number of nitrogens with one attached hydrogen (secondary N) is 1. The van der Waals surface area contributed by atoms with Crippen molar-refractivity contribution in [2.24, 2.45) is 0 Å². The van der Waals surface area contributed by atoms with Crippen LogP contribution in [-0.2, 0) is 0 Å². The van der Waals surface area contributed by atoms with E-state index in [1.54, 1.807) is 6.07 Å². The van der Waals surface area contributed by atoms with Crippen LogP contribution < -0.4 is 5.32 Å². The number of benzene rings is 3. The Bertz CT molecular complexity index is 1240. The lowest BCUT2D eigenvalue weighted by molar-refractivity contribution is 0.102. The maximum atomic E-state index is 13.3. The molecule has 3 aromatic carbocycles. The molecule has 0 bridgehead atoms. The van der Waals surface area contributed by atoms with E-state index in [2.05, 4.69) is 5.32 Å². The quantitative estimate of drug-likeness (QED) is 0.336. The van der Waals surface area contributed by atoms with Crippen LogP contribution in [0.2, 0.25) is 15.1 Å². The number of hydrogen-bond donors (Lipinski definition) is 1. The van der Waals surface area contributed by atoms with Gasteiger partial charge in [0.2, 0.25) is 0 Å². The van der Waals surface area contributed by atoms with Crippen molar-refractivity contribution < 1.29 is 4.79 Å². The van der Waals surface area contributed by atoms with Crippen molar-refractivity contribution in [2.75, 3.05) is 5.32 Å². The SMILES string of the molecule is Cc1c(-c2ccccc2)nc2ccccc2c1C(=O)Nc1cc(Cl)c(Cl)cc1Cl. The molecular weight excluding hydrogens is 427 g/mol. The highest BCUT2D eigenvalue weighted by Crippen LogP contribution is 2.34. The van der Waals surface area contributed by atoms with Crippen LogP contribution in [0.3, 0.4) is 0 Å². The number of para-hydroxylation sites is 1. The number of pyridine rings is 1. The van der Waals surface area contributed by atoms with E-state index in [4.69, 9.17) is 39.8 Å². The molecule has 1 amide bonds. The van der Waals surface area contributed by atoms with Gasteiger partial charge in [-0.1, -0.05) is 83.3 Å². The second-order valence-electron chi connectivity index (χ2n) is 6.54. The Kier molecular flexibility index (Phi) is 5.46. The van der Waals surface area contributed by atoms with Crippen LogP contribution in [0.25, 0.3) is 22.2 Å². The van der Waals surface area contributed by atoms with Gasteiger partial charge in [-0.25, -0.2) is 4.98 Å². The molecule has 1 aromatic heterocycles. The van der Waals surface area contributed by atoms with E-state index >= 15 is 0 Å². The first kappa shape index (κ1) is 19.7. The number of halogens is 3. The smallest absolute Gasteiger partial charge is 0.256 e. The zero-order valence-electron chi connectivity index (χ0n) is 15.3. The van der Waals surface area contributed by atoms with Crippen LogP contribution in [-0.4, -0.2) is 10.9 Å². The highest BCUT2D eigenvalue weighted by atomic mass is 35.5. The molecule has 4 aromatic rings. The number of aromatic nitrogens is 1. The molecule has 0 atom stereocenters. The van der Waals surface area contributed by atoms with E-state index in [0.717, 1.165) is 27.7 Å². The van der Waals surface area contributed by atoms with Gasteiger partial charge in [-0.2, -0.15) is 0 Å². The van der Waals surface area contributed by atoms with Crippen LogP contribution in [0.1, 0.15) is 15.9 Å². The van der Waals surface area contributed by atoms with Gasteiger partial charge in [0.1, 0.15) is 0 Å². The Morgan fingerprint density at radius 1 is 0.862 bits per heavy atom.